The number of nitrogen functional groups attached to an aromatic ring is 1. The molecule has 0 amide bonds. The first-order valence-corrected chi connectivity index (χ1v) is 5.17. The average Bonchev–Trinajstić information content (AvgIpc) is 2.61. The molecular formula is C11H12ClN3. The van der Waals surface area contributed by atoms with Crippen LogP contribution in [0.3, 0.4) is 0 Å². The Bertz CT molecular complexity index is 459. The second kappa shape index (κ2) is 3.95. The summed E-state index contributed by atoms with van der Waals surface area (Å²) >= 11 is 5.82. The number of aromatic nitrogens is 2. The summed E-state index contributed by atoms with van der Waals surface area (Å²) in [6, 6.07) is 7.57. The Kier molecular flexibility index (Phi) is 2.64. The number of benzene rings is 1. The molecule has 2 rings (SSSR count). The van der Waals surface area contributed by atoms with Gasteiger partial charge in [0.05, 0.1) is 6.20 Å². The van der Waals surface area contributed by atoms with Crippen LogP contribution in [0.25, 0.3) is 11.1 Å². The van der Waals surface area contributed by atoms with Gasteiger partial charge in [-0.25, -0.2) is 4.68 Å². The number of hydrogen-bond donors (Lipinski definition) is 1. The van der Waals surface area contributed by atoms with Gasteiger partial charge < -0.3 is 5.73 Å². The van der Waals surface area contributed by atoms with Gasteiger partial charge in [-0.2, -0.15) is 5.10 Å². The van der Waals surface area contributed by atoms with Crippen molar-refractivity contribution in [3.05, 3.63) is 35.5 Å². The highest BCUT2D eigenvalue weighted by atomic mass is 35.5. The van der Waals surface area contributed by atoms with Gasteiger partial charge in [0.25, 0.3) is 0 Å². The molecule has 1 aromatic carbocycles. The molecule has 0 bridgehead atoms. The average molecular weight is 222 g/mol. The lowest BCUT2D eigenvalue weighted by Crippen LogP contribution is -2.02. The normalized spacial score (nSPS) is 10.5. The van der Waals surface area contributed by atoms with Crippen molar-refractivity contribution >= 4 is 17.4 Å². The Labute approximate surface area is 93.5 Å². The van der Waals surface area contributed by atoms with E-state index < -0.39 is 0 Å². The van der Waals surface area contributed by atoms with Crippen molar-refractivity contribution in [3.8, 4) is 11.1 Å². The third kappa shape index (κ3) is 1.83. The second-order valence-corrected chi connectivity index (χ2v) is 3.70. The zero-order chi connectivity index (χ0) is 10.8. The third-order valence-electron chi connectivity index (χ3n) is 2.34. The first kappa shape index (κ1) is 10.1. The van der Waals surface area contributed by atoms with Crippen LogP contribution in [-0.4, -0.2) is 9.78 Å². The summed E-state index contributed by atoms with van der Waals surface area (Å²) < 4.78 is 1.77. The number of hydrogen-bond acceptors (Lipinski definition) is 2. The first-order valence-electron chi connectivity index (χ1n) is 4.79. The summed E-state index contributed by atoms with van der Waals surface area (Å²) in [7, 11) is 0. The van der Waals surface area contributed by atoms with Crippen molar-refractivity contribution in [2.24, 2.45) is 0 Å². The van der Waals surface area contributed by atoms with Crippen molar-refractivity contribution in [2.45, 2.75) is 13.5 Å². The monoisotopic (exact) mass is 221 g/mol. The maximum Gasteiger partial charge on any atom is 0.129 e. The quantitative estimate of drug-likeness (QED) is 0.848. The molecule has 0 spiro atoms. The van der Waals surface area contributed by atoms with Crippen LogP contribution < -0.4 is 5.73 Å². The molecule has 4 heteroatoms. The van der Waals surface area contributed by atoms with Crippen molar-refractivity contribution in [1.29, 1.82) is 0 Å². The standard InChI is InChI=1S/C11H12ClN3/c1-2-15-11(13)10(7-14-15)8-3-5-9(12)6-4-8/h3-7H,2,13H2,1H3. The molecule has 0 aliphatic heterocycles. The van der Waals surface area contributed by atoms with E-state index in [1.807, 2.05) is 31.2 Å². The Balaban J connectivity index is 2.45. The Morgan fingerprint density at radius 1 is 1.33 bits per heavy atom. The molecule has 0 saturated heterocycles. The van der Waals surface area contributed by atoms with E-state index >= 15 is 0 Å². The summed E-state index contributed by atoms with van der Waals surface area (Å²) in [5.74, 6) is 0.694. The van der Waals surface area contributed by atoms with Crippen LogP contribution in [-0.2, 0) is 6.54 Å². The molecule has 1 heterocycles. The van der Waals surface area contributed by atoms with Crippen molar-refractivity contribution in [3.63, 3.8) is 0 Å². The first-order chi connectivity index (χ1) is 7.22. The molecule has 2 aromatic rings. The molecule has 15 heavy (non-hydrogen) atoms. The SMILES string of the molecule is CCn1ncc(-c2ccc(Cl)cc2)c1N. The highest BCUT2D eigenvalue weighted by Gasteiger charge is 2.07. The lowest BCUT2D eigenvalue weighted by Gasteiger charge is -2.02. The van der Waals surface area contributed by atoms with E-state index in [-0.39, 0.29) is 0 Å². The van der Waals surface area contributed by atoms with Crippen molar-refractivity contribution in [1.82, 2.24) is 9.78 Å². The van der Waals surface area contributed by atoms with Crippen LogP contribution in [0.4, 0.5) is 5.82 Å². The fraction of sp³-hybridized carbons (Fsp3) is 0.182. The van der Waals surface area contributed by atoms with E-state index in [0.29, 0.717) is 5.82 Å². The van der Waals surface area contributed by atoms with E-state index in [1.165, 1.54) is 0 Å². The Hall–Kier alpha value is -1.48. The number of halogens is 1. The van der Waals surface area contributed by atoms with E-state index in [0.717, 1.165) is 22.7 Å². The van der Waals surface area contributed by atoms with Crippen LogP contribution in [0.5, 0.6) is 0 Å². The predicted molar refractivity (Wildman–Crippen MR) is 62.8 cm³/mol. The van der Waals surface area contributed by atoms with Gasteiger partial charge in [-0.05, 0) is 24.6 Å². The van der Waals surface area contributed by atoms with Crippen LogP contribution in [0.1, 0.15) is 6.92 Å². The van der Waals surface area contributed by atoms with E-state index in [4.69, 9.17) is 17.3 Å². The number of rotatable bonds is 2. The van der Waals surface area contributed by atoms with E-state index in [9.17, 15) is 0 Å². The smallest absolute Gasteiger partial charge is 0.129 e. The summed E-state index contributed by atoms with van der Waals surface area (Å²) in [6.07, 6.45) is 1.78. The lowest BCUT2D eigenvalue weighted by molar-refractivity contribution is 0.670. The largest absolute Gasteiger partial charge is 0.383 e. The molecular weight excluding hydrogens is 210 g/mol. The van der Waals surface area contributed by atoms with E-state index in [2.05, 4.69) is 5.10 Å². The molecule has 2 N–H and O–H groups in total. The molecule has 0 atom stereocenters. The van der Waals surface area contributed by atoms with Gasteiger partial charge in [-0.1, -0.05) is 23.7 Å². The van der Waals surface area contributed by atoms with Crippen LogP contribution in [0.2, 0.25) is 5.02 Å². The fourth-order valence-electron chi connectivity index (χ4n) is 1.50. The van der Waals surface area contributed by atoms with Gasteiger partial charge >= 0.3 is 0 Å². The maximum absolute atomic E-state index is 5.95. The summed E-state index contributed by atoms with van der Waals surface area (Å²) in [5.41, 5.74) is 7.94. The summed E-state index contributed by atoms with van der Waals surface area (Å²) in [4.78, 5) is 0. The highest BCUT2D eigenvalue weighted by molar-refractivity contribution is 6.30. The van der Waals surface area contributed by atoms with Gasteiger partial charge in [-0.15, -0.1) is 0 Å². The minimum absolute atomic E-state index is 0.694. The molecule has 0 radical (unpaired) electrons. The molecule has 0 unspecified atom stereocenters. The molecule has 0 aliphatic rings. The van der Waals surface area contributed by atoms with Gasteiger partial charge in [0.2, 0.25) is 0 Å². The highest BCUT2D eigenvalue weighted by Crippen LogP contribution is 2.26. The van der Waals surface area contributed by atoms with Crippen molar-refractivity contribution in [2.75, 3.05) is 5.73 Å². The maximum atomic E-state index is 5.95. The molecule has 0 fully saturated rings. The number of nitrogens with zero attached hydrogens (tertiary/aromatic N) is 2. The van der Waals surface area contributed by atoms with Crippen LogP contribution in [0.15, 0.2) is 30.5 Å². The van der Waals surface area contributed by atoms with E-state index in [1.54, 1.807) is 10.9 Å². The number of nitrogens with two attached hydrogens (primary N) is 1. The van der Waals surface area contributed by atoms with Crippen LogP contribution in [0, 0.1) is 0 Å². The molecule has 0 aliphatic carbocycles. The van der Waals surface area contributed by atoms with Gasteiger partial charge in [-0.3, -0.25) is 0 Å². The molecule has 3 nitrogen and oxygen atoms in total. The topological polar surface area (TPSA) is 43.8 Å². The number of aryl methyl sites for hydroxylation is 1. The van der Waals surface area contributed by atoms with Crippen LogP contribution >= 0.6 is 11.6 Å². The summed E-state index contributed by atoms with van der Waals surface area (Å²) in [6.45, 7) is 2.79. The number of anilines is 1. The summed E-state index contributed by atoms with van der Waals surface area (Å²) in [5, 5.41) is 4.91. The van der Waals surface area contributed by atoms with Gasteiger partial charge in [0.1, 0.15) is 5.82 Å². The van der Waals surface area contributed by atoms with Gasteiger partial charge in [0, 0.05) is 17.1 Å². The minimum Gasteiger partial charge on any atom is -0.383 e. The Morgan fingerprint density at radius 3 is 2.53 bits per heavy atom. The molecule has 0 saturated carbocycles. The Morgan fingerprint density at radius 2 is 2.00 bits per heavy atom. The lowest BCUT2D eigenvalue weighted by atomic mass is 10.1. The third-order valence-corrected chi connectivity index (χ3v) is 2.59. The second-order valence-electron chi connectivity index (χ2n) is 3.27. The zero-order valence-electron chi connectivity index (χ0n) is 8.44. The van der Waals surface area contributed by atoms with Crippen molar-refractivity contribution < 1.29 is 0 Å². The fourth-order valence-corrected chi connectivity index (χ4v) is 1.62. The minimum atomic E-state index is 0.694. The molecule has 78 valence electrons. The zero-order valence-corrected chi connectivity index (χ0v) is 9.20. The van der Waals surface area contributed by atoms with Gasteiger partial charge in [0.15, 0.2) is 0 Å². The predicted octanol–water partition coefficient (Wildman–Crippen LogP) is 2.81. The molecule has 1 aromatic heterocycles.